The number of rotatable bonds is 5. The van der Waals surface area contributed by atoms with Gasteiger partial charge in [0.1, 0.15) is 5.56 Å². The molecule has 1 N–H and O–H groups in total. The van der Waals surface area contributed by atoms with Crippen LogP contribution in [-0.2, 0) is 6.61 Å². The number of aromatic nitrogens is 2. The minimum absolute atomic E-state index is 0.148. The van der Waals surface area contributed by atoms with Crippen molar-refractivity contribution in [2.75, 3.05) is 0 Å². The number of nitrogens with zero attached hydrogens (tertiary/aromatic N) is 3. The Morgan fingerprint density at radius 1 is 1.53 bits per heavy atom. The molecule has 1 aromatic carbocycles. The molecule has 1 heterocycles. The maximum Gasteiger partial charge on any atom is 0.339 e. The lowest BCUT2D eigenvalue weighted by atomic mass is 10.2. The minimum Gasteiger partial charge on any atom is -0.478 e. The van der Waals surface area contributed by atoms with Crippen LogP contribution in [0.5, 0.6) is 5.75 Å². The van der Waals surface area contributed by atoms with Crippen LogP contribution in [0.3, 0.4) is 0 Å². The summed E-state index contributed by atoms with van der Waals surface area (Å²) in [5.74, 6) is -1.52. The number of benzene rings is 1. The zero-order chi connectivity index (χ0) is 13.8. The molecule has 0 saturated carbocycles. The van der Waals surface area contributed by atoms with Crippen molar-refractivity contribution in [3.8, 4) is 5.75 Å². The van der Waals surface area contributed by atoms with Crippen molar-refractivity contribution < 1.29 is 24.1 Å². The van der Waals surface area contributed by atoms with Gasteiger partial charge in [-0.05, 0) is 6.07 Å². The van der Waals surface area contributed by atoms with E-state index in [1.807, 2.05) is 0 Å². The van der Waals surface area contributed by atoms with Crippen LogP contribution < -0.4 is 4.74 Å². The molecule has 0 amide bonds. The molecule has 0 aliphatic rings. The maximum absolute atomic E-state index is 11.0. The van der Waals surface area contributed by atoms with E-state index in [0.29, 0.717) is 0 Å². The molecule has 1 aromatic heterocycles. The van der Waals surface area contributed by atoms with Gasteiger partial charge in [0.05, 0.1) is 4.92 Å². The van der Waals surface area contributed by atoms with E-state index in [1.54, 1.807) is 0 Å². The second-order valence-electron chi connectivity index (χ2n) is 3.35. The largest absolute Gasteiger partial charge is 0.478 e. The van der Waals surface area contributed by atoms with E-state index in [-0.39, 0.29) is 23.7 Å². The van der Waals surface area contributed by atoms with Crippen molar-refractivity contribution in [2.24, 2.45) is 0 Å². The predicted octanol–water partition coefficient (Wildman–Crippen LogP) is 1.25. The fourth-order valence-corrected chi connectivity index (χ4v) is 1.38. The van der Waals surface area contributed by atoms with Gasteiger partial charge in [0.2, 0.25) is 18.0 Å². The molecule has 0 aliphatic carbocycles. The van der Waals surface area contributed by atoms with Gasteiger partial charge in [-0.3, -0.25) is 10.1 Å². The Hall–Kier alpha value is -2.97. The van der Waals surface area contributed by atoms with Crippen LogP contribution in [0.2, 0.25) is 0 Å². The highest BCUT2D eigenvalue weighted by atomic mass is 16.6. The van der Waals surface area contributed by atoms with Crippen molar-refractivity contribution in [1.82, 2.24) is 10.1 Å². The molecule has 2 aromatic rings. The van der Waals surface area contributed by atoms with E-state index in [2.05, 4.69) is 14.7 Å². The van der Waals surface area contributed by atoms with Crippen molar-refractivity contribution in [3.63, 3.8) is 0 Å². The molecule has 9 nitrogen and oxygen atoms in total. The van der Waals surface area contributed by atoms with Gasteiger partial charge in [-0.25, -0.2) is 4.79 Å². The number of nitro benzene ring substituents is 1. The van der Waals surface area contributed by atoms with E-state index < -0.39 is 16.6 Å². The fourth-order valence-electron chi connectivity index (χ4n) is 1.38. The van der Waals surface area contributed by atoms with Crippen LogP contribution in [0, 0.1) is 10.1 Å². The van der Waals surface area contributed by atoms with Gasteiger partial charge in [0.25, 0.3) is 0 Å². The summed E-state index contributed by atoms with van der Waals surface area (Å²) in [7, 11) is 0. The molecule has 0 unspecified atom stereocenters. The fraction of sp³-hybridized carbons (Fsp3) is 0.100. The highest BCUT2D eigenvalue weighted by molar-refractivity contribution is 5.92. The third-order valence-electron chi connectivity index (χ3n) is 2.17. The van der Waals surface area contributed by atoms with Crippen LogP contribution in [0.25, 0.3) is 0 Å². The van der Waals surface area contributed by atoms with E-state index in [1.165, 1.54) is 12.1 Å². The molecule has 0 saturated heterocycles. The van der Waals surface area contributed by atoms with Crippen LogP contribution in [0.1, 0.15) is 16.2 Å². The van der Waals surface area contributed by atoms with E-state index in [0.717, 1.165) is 12.5 Å². The quantitative estimate of drug-likeness (QED) is 0.631. The molecule has 0 aliphatic heterocycles. The van der Waals surface area contributed by atoms with Crippen LogP contribution >= 0.6 is 0 Å². The third kappa shape index (κ3) is 2.65. The Kier molecular flexibility index (Phi) is 3.37. The van der Waals surface area contributed by atoms with Crippen LogP contribution in [0.4, 0.5) is 5.69 Å². The normalized spacial score (nSPS) is 10.1. The lowest BCUT2D eigenvalue weighted by Crippen LogP contribution is -2.06. The highest BCUT2D eigenvalue weighted by Crippen LogP contribution is 2.31. The standard InChI is InChI=1S/C10H7N3O6/c14-10(15)6-2-1-3-7(13(16)17)9(6)18-4-8-11-5-19-12-8/h1-3,5H,4H2,(H,14,15). The number of aromatic carboxylic acids is 1. The first-order valence-corrected chi connectivity index (χ1v) is 4.98. The van der Waals surface area contributed by atoms with Gasteiger partial charge in [-0.2, -0.15) is 4.98 Å². The molecule has 0 spiro atoms. The number of hydrogen-bond donors (Lipinski definition) is 1. The van der Waals surface area contributed by atoms with E-state index >= 15 is 0 Å². The Morgan fingerprint density at radius 2 is 2.32 bits per heavy atom. The maximum atomic E-state index is 11.0. The first kappa shape index (κ1) is 12.5. The van der Waals surface area contributed by atoms with Gasteiger partial charge in [-0.15, -0.1) is 0 Å². The lowest BCUT2D eigenvalue weighted by Gasteiger charge is -2.07. The van der Waals surface area contributed by atoms with Crippen molar-refractivity contribution >= 4 is 11.7 Å². The molecule has 19 heavy (non-hydrogen) atoms. The van der Waals surface area contributed by atoms with Crippen LogP contribution in [0.15, 0.2) is 29.1 Å². The van der Waals surface area contributed by atoms with Crippen LogP contribution in [-0.4, -0.2) is 26.1 Å². The summed E-state index contributed by atoms with van der Waals surface area (Å²) < 4.78 is 9.59. The lowest BCUT2D eigenvalue weighted by molar-refractivity contribution is -0.386. The Bertz CT molecular complexity index is 577. The summed E-state index contributed by atoms with van der Waals surface area (Å²) in [5, 5.41) is 23.3. The molecule has 98 valence electrons. The average Bonchev–Trinajstić information content (AvgIpc) is 2.88. The SMILES string of the molecule is O=C(O)c1cccc([N+](=O)[O-])c1OCc1ncon1. The van der Waals surface area contributed by atoms with Gasteiger partial charge in [0, 0.05) is 6.07 Å². The Balaban J connectivity index is 2.35. The molecule has 2 rings (SSSR count). The smallest absolute Gasteiger partial charge is 0.339 e. The van der Waals surface area contributed by atoms with Gasteiger partial charge >= 0.3 is 11.7 Å². The predicted molar refractivity (Wildman–Crippen MR) is 58.7 cm³/mol. The Labute approximate surface area is 105 Å². The number of hydrogen-bond acceptors (Lipinski definition) is 7. The summed E-state index contributed by atoms with van der Waals surface area (Å²) in [4.78, 5) is 24.8. The zero-order valence-electron chi connectivity index (χ0n) is 9.35. The first-order chi connectivity index (χ1) is 9.09. The highest BCUT2D eigenvalue weighted by Gasteiger charge is 2.23. The van der Waals surface area contributed by atoms with E-state index in [9.17, 15) is 14.9 Å². The summed E-state index contributed by atoms with van der Waals surface area (Å²) in [5.41, 5.74) is -0.749. The molecule has 0 radical (unpaired) electrons. The average molecular weight is 265 g/mol. The number of nitro groups is 1. The number of carboxylic acids is 1. The first-order valence-electron chi connectivity index (χ1n) is 4.98. The van der Waals surface area contributed by atoms with Crippen molar-refractivity contribution in [1.29, 1.82) is 0 Å². The molecule has 0 bridgehead atoms. The van der Waals surface area contributed by atoms with Gasteiger partial charge in [0.15, 0.2) is 6.61 Å². The number of para-hydroxylation sites is 1. The summed E-state index contributed by atoms with van der Waals surface area (Å²) in [6.07, 6.45) is 1.07. The monoisotopic (exact) mass is 265 g/mol. The molecular weight excluding hydrogens is 258 g/mol. The topological polar surface area (TPSA) is 129 Å². The molecule has 0 fully saturated rings. The minimum atomic E-state index is -1.33. The van der Waals surface area contributed by atoms with E-state index in [4.69, 9.17) is 9.84 Å². The summed E-state index contributed by atoms with van der Waals surface area (Å²) in [6.45, 7) is -0.234. The van der Waals surface area contributed by atoms with Crippen molar-refractivity contribution in [2.45, 2.75) is 6.61 Å². The zero-order valence-corrected chi connectivity index (χ0v) is 9.35. The molecule has 0 atom stereocenters. The molecular formula is C10H7N3O6. The Morgan fingerprint density at radius 3 is 2.89 bits per heavy atom. The summed E-state index contributed by atoms with van der Waals surface area (Å²) in [6, 6.07) is 3.63. The number of carbonyl (C=O) groups is 1. The van der Waals surface area contributed by atoms with Gasteiger partial charge < -0.3 is 14.4 Å². The third-order valence-corrected chi connectivity index (χ3v) is 2.17. The second-order valence-corrected chi connectivity index (χ2v) is 3.35. The van der Waals surface area contributed by atoms with Gasteiger partial charge in [-0.1, -0.05) is 11.2 Å². The van der Waals surface area contributed by atoms with Crippen molar-refractivity contribution in [3.05, 3.63) is 46.1 Å². The number of carboxylic acid groups (broad SMARTS) is 1. The second kappa shape index (κ2) is 5.12. The number of ether oxygens (including phenoxy) is 1. The molecule has 9 heteroatoms. The summed E-state index contributed by atoms with van der Waals surface area (Å²) >= 11 is 0.